The van der Waals surface area contributed by atoms with Gasteiger partial charge >= 0.3 is 0 Å². The summed E-state index contributed by atoms with van der Waals surface area (Å²) in [7, 11) is 1.88. The number of carbonyl (C=O) groups is 1. The SMILES string of the molecule is CC(C)c1ncnc2c1c(C=O)cn2C. The second-order valence-electron chi connectivity index (χ2n) is 3.93. The van der Waals surface area contributed by atoms with E-state index in [-0.39, 0.29) is 5.92 Å². The average Bonchev–Trinajstić information content (AvgIpc) is 2.55. The van der Waals surface area contributed by atoms with Gasteiger partial charge in [0.2, 0.25) is 0 Å². The number of carbonyl (C=O) groups excluding carboxylic acids is 1. The first-order chi connectivity index (χ1) is 7.15. The number of aldehydes is 1. The molecule has 0 saturated carbocycles. The Hall–Kier alpha value is -1.71. The molecule has 0 aliphatic heterocycles. The van der Waals surface area contributed by atoms with Crippen molar-refractivity contribution < 1.29 is 4.79 Å². The third kappa shape index (κ3) is 1.42. The Labute approximate surface area is 88.0 Å². The van der Waals surface area contributed by atoms with E-state index in [2.05, 4.69) is 23.8 Å². The summed E-state index contributed by atoms with van der Waals surface area (Å²) in [5, 5.41) is 0.880. The summed E-state index contributed by atoms with van der Waals surface area (Å²) in [6.45, 7) is 4.12. The highest BCUT2D eigenvalue weighted by Crippen LogP contribution is 2.25. The number of aryl methyl sites for hydroxylation is 1. The van der Waals surface area contributed by atoms with Gasteiger partial charge in [0.15, 0.2) is 6.29 Å². The molecule has 0 radical (unpaired) electrons. The fourth-order valence-electron chi connectivity index (χ4n) is 1.80. The van der Waals surface area contributed by atoms with Crippen LogP contribution in [0.25, 0.3) is 11.0 Å². The van der Waals surface area contributed by atoms with Crippen LogP contribution in [-0.4, -0.2) is 20.8 Å². The quantitative estimate of drug-likeness (QED) is 0.700. The van der Waals surface area contributed by atoms with Crippen molar-refractivity contribution in [2.45, 2.75) is 19.8 Å². The first-order valence-electron chi connectivity index (χ1n) is 4.90. The molecule has 2 heterocycles. The molecule has 78 valence electrons. The zero-order valence-corrected chi connectivity index (χ0v) is 9.06. The Balaban J connectivity index is 2.88. The van der Waals surface area contributed by atoms with Gasteiger partial charge in [0.25, 0.3) is 0 Å². The molecule has 4 nitrogen and oxygen atoms in total. The molecular formula is C11H13N3O. The van der Waals surface area contributed by atoms with E-state index in [0.717, 1.165) is 23.0 Å². The Morgan fingerprint density at radius 2 is 2.13 bits per heavy atom. The van der Waals surface area contributed by atoms with Crippen LogP contribution in [0.5, 0.6) is 0 Å². The minimum Gasteiger partial charge on any atom is -0.335 e. The van der Waals surface area contributed by atoms with E-state index in [0.29, 0.717) is 5.56 Å². The minimum atomic E-state index is 0.289. The van der Waals surface area contributed by atoms with Crippen LogP contribution in [0.4, 0.5) is 0 Å². The van der Waals surface area contributed by atoms with Crippen LogP contribution in [0, 0.1) is 0 Å². The third-order valence-corrected chi connectivity index (χ3v) is 2.49. The summed E-state index contributed by atoms with van der Waals surface area (Å²) >= 11 is 0. The topological polar surface area (TPSA) is 47.8 Å². The van der Waals surface area contributed by atoms with Gasteiger partial charge in [-0.3, -0.25) is 4.79 Å². The number of nitrogens with zero attached hydrogens (tertiary/aromatic N) is 3. The van der Waals surface area contributed by atoms with Crippen molar-refractivity contribution >= 4 is 17.3 Å². The molecule has 0 fully saturated rings. The molecule has 0 N–H and O–H groups in total. The largest absolute Gasteiger partial charge is 0.335 e. The molecule has 0 saturated heterocycles. The first-order valence-corrected chi connectivity index (χ1v) is 4.90. The van der Waals surface area contributed by atoms with Crippen LogP contribution < -0.4 is 0 Å². The maximum Gasteiger partial charge on any atom is 0.152 e. The lowest BCUT2D eigenvalue weighted by atomic mass is 10.1. The minimum absolute atomic E-state index is 0.289. The van der Waals surface area contributed by atoms with Gasteiger partial charge in [-0.05, 0) is 5.92 Å². The number of aromatic nitrogens is 3. The van der Waals surface area contributed by atoms with E-state index in [1.165, 1.54) is 0 Å². The van der Waals surface area contributed by atoms with Crippen LogP contribution in [0.2, 0.25) is 0 Å². The Bertz CT molecular complexity index is 514. The van der Waals surface area contributed by atoms with Crippen molar-refractivity contribution in [3.05, 3.63) is 23.8 Å². The summed E-state index contributed by atoms with van der Waals surface area (Å²) in [5.41, 5.74) is 2.41. The Morgan fingerprint density at radius 1 is 1.40 bits per heavy atom. The fourth-order valence-corrected chi connectivity index (χ4v) is 1.80. The van der Waals surface area contributed by atoms with E-state index in [9.17, 15) is 4.79 Å². The lowest BCUT2D eigenvalue weighted by molar-refractivity contribution is 0.112. The Morgan fingerprint density at radius 3 is 2.73 bits per heavy atom. The smallest absolute Gasteiger partial charge is 0.152 e. The van der Waals surface area contributed by atoms with Crippen LogP contribution in [0.3, 0.4) is 0 Å². The van der Waals surface area contributed by atoms with E-state index < -0.39 is 0 Å². The fraction of sp³-hybridized carbons (Fsp3) is 0.364. The van der Waals surface area contributed by atoms with Crippen LogP contribution in [-0.2, 0) is 7.05 Å². The van der Waals surface area contributed by atoms with Gasteiger partial charge in [-0.1, -0.05) is 13.8 Å². The number of fused-ring (bicyclic) bond motifs is 1. The lowest BCUT2D eigenvalue weighted by Gasteiger charge is -2.05. The summed E-state index contributed by atoms with van der Waals surface area (Å²) in [6, 6.07) is 0. The Kier molecular flexibility index (Phi) is 2.26. The van der Waals surface area contributed by atoms with E-state index in [1.807, 2.05) is 11.6 Å². The molecule has 4 heteroatoms. The molecule has 0 aliphatic rings. The van der Waals surface area contributed by atoms with Gasteiger partial charge in [0.05, 0.1) is 11.1 Å². The molecule has 0 aliphatic carbocycles. The number of rotatable bonds is 2. The third-order valence-electron chi connectivity index (χ3n) is 2.49. The van der Waals surface area contributed by atoms with Crippen molar-refractivity contribution in [1.29, 1.82) is 0 Å². The highest BCUT2D eigenvalue weighted by molar-refractivity contribution is 5.97. The molecule has 0 amide bonds. The van der Waals surface area contributed by atoms with Gasteiger partial charge in [-0.15, -0.1) is 0 Å². The van der Waals surface area contributed by atoms with Crippen LogP contribution >= 0.6 is 0 Å². The monoisotopic (exact) mass is 203 g/mol. The van der Waals surface area contributed by atoms with Gasteiger partial charge in [-0.25, -0.2) is 9.97 Å². The lowest BCUT2D eigenvalue weighted by Crippen LogP contribution is -1.97. The number of hydrogen-bond acceptors (Lipinski definition) is 3. The normalized spacial score (nSPS) is 11.2. The predicted octanol–water partition coefficient (Wildman–Crippen LogP) is 1.90. The molecule has 0 bridgehead atoms. The number of hydrogen-bond donors (Lipinski definition) is 0. The van der Waals surface area contributed by atoms with Crippen LogP contribution in [0.1, 0.15) is 35.8 Å². The van der Waals surface area contributed by atoms with E-state index >= 15 is 0 Å². The highest BCUT2D eigenvalue weighted by Gasteiger charge is 2.14. The standard InChI is InChI=1S/C11H13N3O/c1-7(2)10-9-8(5-15)4-14(3)11(9)13-6-12-10/h4-7H,1-3H3. The summed E-state index contributed by atoms with van der Waals surface area (Å²) < 4.78 is 1.85. The van der Waals surface area contributed by atoms with E-state index in [1.54, 1.807) is 12.5 Å². The van der Waals surface area contributed by atoms with Gasteiger partial charge < -0.3 is 4.57 Å². The van der Waals surface area contributed by atoms with Crippen molar-refractivity contribution in [1.82, 2.24) is 14.5 Å². The molecule has 15 heavy (non-hydrogen) atoms. The predicted molar refractivity (Wildman–Crippen MR) is 58.0 cm³/mol. The second kappa shape index (κ2) is 3.46. The first kappa shape index (κ1) is 9.83. The molecule has 0 unspecified atom stereocenters. The van der Waals surface area contributed by atoms with Gasteiger partial charge in [-0.2, -0.15) is 0 Å². The van der Waals surface area contributed by atoms with Gasteiger partial charge in [0, 0.05) is 18.8 Å². The van der Waals surface area contributed by atoms with E-state index in [4.69, 9.17) is 0 Å². The van der Waals surface area contributed by atoms with Gasteiger partial charge in [0.1, 0.15) is 12.0 Å². The zero-order chi connectivity index (χ0) is 11.0. The van der Waals surface area contributed by atoms with Crippen molar-refractivity contribution in [3.63, 3.8) is 0 Å². The maximum absolute atomic E-state index is 10.9. The zero-order valence-electron chi connectivity index (χ0n) is 9.06. The summed E-state index contributed by atoms with van der Waals surface area (Å²) in [5.74, 6) is 0.289. The summed E-state index contributed by atoms with van der Waals surface area (Å²) in [4.78, 5) is 19.4. The molecule has 2 rings (SSSR count). The molecular weight excluding hydrogens is 190 g/mol. The maximum atomic E-state index is 10.9. The molecule has 0 aromatic carbocycles. The summed E-state index contributed by atoms with van der Waals surface area (Å²) in [6.07, 6.45) is 4.20. The van der Waals surface area contributed by atoms with Crippen molar-refractivity contribution in [3.8, 4) is 0 Å². The molecule has 0 atom stereocenters. The second-order valence-corrected chi connectivity index (χ2v) is 3.93. The van der Waals surface area contributed by atoms with Crippen molar-refractivity contribution in [2.24, 2.45) is 7.05 Å². The highest BCUT2D eigenvalue weighted by atomic mass is 16.1. The molecule has 2 aromatic heterocycles. The molecule has 2 aromatic rings. The van der Waals surface area contributed by atoms with Crippen LogP contribution in [0.15, 0.2) is 12.5 Å². The molecule has 0 spiro atoms. The van der Waals surface area contributed by atoms with Crippen molar-refractivity contribution in [2.75, 3.05) is 0 Å². The average molecular weight is 203 g/mol.